The molecule has 1 aromatic rings. The Morgan fingerprint density at radius 3 is 2.67 bits per heavy atom. The van der Waals surface area contributed by atoms with E-state index in [1.165, 1.54) is 0 Å². The Labute approximate surface area is 82.8 Å². The van der Waals surface area contributed by atoms with Gasteiger partial charge in [-0.2, -0.15) is 0 Å². The minimum Gasteiger partial charge on any atom is -0.493 e. The van der Waals surface area contributed by atoms with Gasteiger partial charge >= 0.3 is 11.7 Å². The van der Waals surface area contributed by atoms with Gasteiger partial charge in [0.25, 0.3) is 0 Å². The second-order valence-electron chi connectivity index (χ2n) is 2.60. The van der Waals surface area contributed by atoms with Gasteiger partial charge in [-0.05, 0) is 6.58 Å². The summed E-state index contributed by atoms with van der Waals surface area (Å²) >= 11 is 0. The molecule has 0 aromatic carbocycles. The zero-order chi connectivity index (χ0) is 11.6. The molecule has 0 bridgehead atoms. The lowest BCUT2D eigenvalue weighted by Gasteiger charge is -1.99. The second kappa shape index (κ2) is 3.88. The average Bonchev–Trinajstić information content (AvgIpc) is 2.44. The quantitative estimate of drug-likeness (QED) is 0.350. The summed E-state index contributed by atoms with van der Waals surface area (Å²) in [6, 6.07) is 0. The molecule has 0 fully saturated rings. The van der Waals surface area contributed by atoms with E-state index in [0.717, 1.165) is 6.20 Å². The Bertz CT molecular complexity index is 457. The number of hydrogen-bond acceptors (Lipinski definition) is 5. The van der Waals surface area contributed by atoms with Crippen LogP contribution in [0.5, 0.6) is 5.88 Å². The highest BCUT2D eigenvalue weighted by Crippen LogP contribution is 2.09. The first kappa shape index (κ1) is 10.9. The van der Waals surface area contributed by atoms with Crippen LogP contribution in [0.3, 0.4) is 0 Å². The van der Waals surface area contributed by atoms with E-state index in [1.807, 2.05) is 0 Å². The van der Waals surface area contributed by atoms with Gasteiger partial charge in [0.1, 0.15) is 6.54 Å². The Hall–Kier alpha value is -2.22. The summed E-state index contributed by atoms with van der Waals surface area (Å²) in [5.74, 6) is -2.30. The van der Waals surface area contributed by atoms with Crippen LogP contribution in [0, 0.1) is 0 Å². The monoisotopic (exact) mass is 216 g/mol. The molecule has 0 saturated carbocycles. The van der Waals surface area contributed by atoms with Crippen molar-refractivity contribution in [2.45, 2.75) is 6.54 Å². The predicted molar refractivity (Wildman–Crippen MR) is 47.0 cm³/mol. The van der Waals surface area contributed by atoms with Crippen LogP contribution in [0.4, 0.5) is 0 Å². The van der Waals surface area contributed by atoms with Crippen molar-refractivity contribution in [3.8, 4) is 5.88 Å². The molecular formula is C7H8N2O6. The third kappa shape index (κ3) is 1.99. The van der Waals surface area contributed by atoms with Crippen LogP contribution in [0.25, 0.3) is 5.88 Å². The van der Waals surface area contributed by atoms with Gasteiger partial charge in [-0.1, -0.05) is 0 Å². The molecule has 3 N–H and O–H groups in total. The molecule has 1 aromatic heterocycles. The van der Waals surface area contributed by atoms with Crippen molar-refractivity contribution in [1.82, 2.24) is 9.13 Å². The summed E-state index contributed by atoms with van der Waals surface area (Å²) < 4.78 is 1.24. The largest absolute Gasteiger partial charge is 0.493 e. The van der Waals surface area contributed by atoms with E-state index >= 15 is 0 Å². The van der Waals surface area contributed by atoms with Crippen molar-refractivity contribution in [2.24, 2.45) is 0 Å². The van der Waals surface area contributed by atoms with Crippen molar-refractivity contribution < 1.29 is 25.2 Å². The number of aliphatic carboxylic acids is 1. The minimum atomic E-state index is -1.29. The maximum absolute atomic E-state index is 11.4. The van der Waals surface area contributed by atoms with E-state index < -0.39 is 30.0 Å². The molecule has 1 heterocycles. The molecule has 0 aliphatic heterocycles. The van der Waals surface area contributed by atoms with Crippen LogP contribution < -0.4 is 5.69 Å². The number of carboxylic acid groups (broad SMARTS) is 1. The van der Waals surface area contributed by atoms with Gasteiger partial charge in [0.05, 0.1) is 6.20 Å². The van der Waals surface area contributed by atoms with Gasteiger partial charge in [0.2, 0.25) is 11.8 Å². The molecule has 0 radical (unpaired) electrons. The first-order valence-electron chi connectivity index (χ1n) is 3.71. The summed E-state index contributed by atoms with van der Waals surface area (Å²) in [4.78, 5) is 25.4. The summed E-state index contributed by atoms with van der Waals surface area (Å²) in [6.45, 7) is 2.46. The molecule has 8 nitrogen and oxygen atoms in total. The Kier molecular flexibility index (Phi) is 2.81. The molecule has 82 valence electrons. The minimum absolute atomic E-state index is 0.445. The fourth-order valence-corrected chi connectivity index (χ4v) is 0.975. The molecular weight excluding hydrogens is 208 g/mol. The fourth-order valence-electron chi connectivity index (χ4n) is 0.975. The number of aromatic hydroxyl groups is 1. The fraction of sp³-hybridized carbons (Fsp3) is 0.143. The molecule has 0 spiro atoms. The van der Waals surface area contributed by atoms with Crippen LogP contribution in [0.2, 0.25) is 0 Å². The summed E-state index contributed by atoms with van der Waals surface area (Å²) in [7, 11) is 0. The van der Waals surface area contributed by atoms with E-state index in [4.69, 9.17) is 10.4 Å². The molecule has 15 heavy (non-hydrogen) atoms. The highest BCUT2D eigenvalue weighted by molar-refractivity contribution is 5.66. The summed E-state index contributed by atoms with van der Waals surface area (Å²) in [6.07, 6.45) is 0.879. The van der Waals surface area contributed by atoms with E-state index in [1.54, 1.807) is 0 Å². The number of imidazole rings is 1. The zero-order valence-electron chi connectivity index (χ0n) is 7.45. The predicted octanol–water partition coefficient (Wildman–Crippen LogP) is -0.642. The third-order valence-electron chi connectivity index (χ3n) is 1.63. The lowest BCUT2D eigenvalue weighted by atomic mass is 10.6. The Morgan fingerprint density at radius 2 is 2.20 bits per heavy atom. The number of nitrogens with zero attached hydrogens (tertiary/aromatic N) is 2. The van der Waals surface area contributed by atoms with Crippen molar-refractivity contribution in [1.29, 1.82) is 0 Å². The summed E-state index contributed by atoms with van der Waals surface area (Å²) in [5, 5.41) is 25.9. The molecule has 8 heteroatoms. The molecule has 1 rings (SSSR count). The smallest absolute Gasteiger partial charge is 0.338 e. The van der Waals surface area contributed by atoms with Gasteiger partial charge in [-0.15, -0.1) is 0 Å². The van der Waals surface area contributed by atoms with Crippen molar-refractivity contribution in [2.75, 3.05) is 0 Å². The second-order valence-corrected chi connectivity index (χ2v) is 2.60. The Balaban J connectivity index is 3.20. The number of carbonyl (C=O) groups is 1. The molecule has 0 saturated heterocycles. The molecule has 0 atom stereocenters. The first-order valence-corrected chi connectivity index (χ1v) is 3.71. The summed E-state index contributed by atoms with van der Waals surface area (Å²) in [5.41, 5.74) is -0.881. The van der Waals surface area contributed by atoms with Crippen LogP contribution in [0.15, 0.2) is 17.6 Å². The normalized spacial score (nSPS) is 9.93. The highest BCUT2D eigenvalue weighted by Gasteiger charge is 2.15. The topological polar surface area (TPSA) is 114 Å². The maximum atomic E-state index is 11.4. The molecule has 0 aliphatic carbocycles. The average molecular weight is 216 g/mol. The van der Waals surface area contributed by atoms with Crippen LogP contribution in [-0.2, 0) is 16.2 Å². The number of hydrogen-bond donors (Lipinski definition) is 3. The van der Waals surface area contributed by atoms with Crippen LogP contribution >= 0.6 is 0 Å². The van der Waals surface area contributed by atoms with Gasteiger partial charge in [-0.25, -0.2) is 14.6 Å². The number of aromatic nitrogens is 2. The van der Waals surface area contributed by atoms with Gasteiger partial charge < -0.3 is 15.1 Å². The zero-order valence-corrected chi connectivity index (χ0v) is 7.45. The molecule has 0 unspecified atom stereocenters. The molecule has 0 aliphatic rings. The van der Waals surface area contributed by atoms with E-state index in [2.05, 4.69) is 11.5 Å². The van der Waals surface area contributed by atoms with Gasteiger partial charge in [0, 0.05) is 0 Å². The Morgan fingerprint density at radius 1 is 1.60 bits per heavy atom. The number of carboxylic acids is 1. The van der Waals surface area contributed by atoms with Crippen molar-refractivity contribution >= 4 is 11.9 Å². The lowest BCUT2D eigenvalue weighted by Crippen LogP contribution is -2.26. The number of rotatable bonds is 4. The van der Waals surface area contributed by atoms with Crippen molar-refractivity contribution in [3.63, 3.8) is 0 Å². The van der Waals surface area contributed by atoms with Crippen LogP contribution in [0.1, 0.15) is 0 Å². The lowest BCUT2D eigenvalue weighted by molar-refractivity contribution is -0.176. The molecule has 0 amide bonds. The standard InChI is InChI=1S/C7H8N2O6/c1-4(15-14)8-2-5(10)9(7(8)13)3-6(11)12/h2,10,14H,1,3H2,(H,11,12). The van der Waals surface area contributed by atoms with E-state index in [9.17, 15) is 14.7 Å². The first-order chi connectivity index (χ1) is 6.97. The third-order valence-corrected chi connectivity index (χ3v) is 1.63. The van der Waals surface area contributed by atoms with Crippen LogP contribution in [-0.4, -0.2) is 30.6 Å². The highest BCUT2D eigenvalue weighted by atomic mass is 17.1. The van der Waals surface area contributed by atoms with E-state index in [0.29, 0.717) is 9.13 Å². The van der Waals surface area contributed by atoms with Crippen molar-refractivity contribution in [3.05, 3.63) is 23.3 Å². The SMILES string of the molecule is C=C(OO)n1cc(O)n(CC(=O)O)c1=O. The van der Waals surface area contributed by atoms with Gasteiger partial charge in [0.15, 0.2) is 0 Å². The maximum Gasteiger partial charge on any atom is 0.338 e. The van der Waals surface area contributed by atoms with E-state index in [-0.39, 0.29) is 0 Å². The van der Waals surface area contributed by atoms with Gasteiger partial charge in [-0.3, -0.25) is 9.36 Å².